The molecule has 1 aliphatic heterocycles. The van der Waals surface area contributed by atoms with Gasteiger partial charge in [0, 0.05) is 30.4 Å². The number of carbonyl (C=O) groups is 1. The Morgan fingerprint density at radius 1 is 1.17 bits per heavy atom. The van der Waals surface area contributed by atoms with Crippen LogP contribution in [0.15, 0.2) is 47.8 Å². The van der Waals surface area contributed by atoms with Gasteiger partial charge in [-0.3, -0.25) is 4.79 Å². The van der Waals surface area contributed by atoms with Crippen molar-refractivity contribution >= 4 is 17.2 Å². The summed E-state index contributed by atoms with van der Waals surface area (Å²) in [6.07, 6.45) is 3.75. The summed E-state index contributed by atoms with van der Waals surface area (Å²) in [6.45, 7) is 2.72. The fourth-order valence-corrected chi connectivity index (χ4v) is 3.88. The molecule has 23 heavy (non-hydrogen) atoms. The molecule has 1 N–H and O–H groups in total. The Labute approximate surface area is 142 Å². The van der Waals surface area contributed by atoms with Gasteiger partial charge < -0.3 is 10.2 Å². The van der Waals surface area contributed by atoms with Crippen LogP contribution in [0, 0.1) is 0 Å². The highest BCUT2D eigenvalue weighted by atomic mass is 32.1. The number of hydrogen-bond acceptors (Lipinski definition) is 3. The molecule has 122 valence electrons. The van der Waals surface area contributed by atoms with Gasteiger partial charge in [0.1, 0.15) is 0 Å². The van der Waals surface area contributed by atoms with Crippen LogP contribution in [0.5, 0.6) is 0 Å². The molecule has 2 heterocycles. The molecule has 3 nitrogen and oxygen atoms in total. The van der Waals surface area contributed by atoms with Gasteiger partial charge in [0.15, 0.2) is 0 Å². The Bertz CT molecular complexity index is 597. The number of carbonyl (C=O) groups excluding carboxylic acids is 1. The zero-order valence-electron chi connectivity index (χ0n) is 13.4. The minimum atomic E-state index is 0.328. The first-order chi connectivity index (χ1) is 11.3. The lowest BCUT2D eigenvalue weighted by atomic mass is 10.1. The molecule has 1 aromatic heterocycles. The molecule has 2 aromatic rings. The minimum absolute atomic E-state index is 0.328. The summed E-state index contributed by atoms with van der Waals surface area (Å²) in [5.74, 6) is 0.328. The third-order valence-corrected chi connectivity index (χ3v) is 5.39. The fraction of sp³-hybridized carbons (Fsp3) is 0.421. The molecule has 4 heteroatoms. The van der Waals surface area contributed by atoms with Gasteiger partial charge in [-0.1, -0.05) is 36.4 Å². The van der Waals surface area contributed by atoms with E-state index in [0.717, 1.165) is 38.9 Å². The van der Waals surface area contributed by atoms with Crippen LogP contribution in [0.25, 0.3) is 0 Å². The summed E-state index contributed by atoms with van der Waals surface area (Å²) < 4.78 is 0. The van der Waals surface area contributed by atoms with Crippen LogP contribution in [0.3, 0.4) is 0 Å². The van der Waals surface area contributed by atoms with E-state index in [4.69, 9.17) is 0 Å². The second kappa shape index (κ2) is 8.27. The van der Waals surface area contributed by atoms with Gasteiger partial charge in [-0.25, -0.2) is 0 Å². The number of nitrogens with one attached hydrogen (secondary N) is 1. The Hall–Kier alpha value is -1.65. The van der Waals surface area contributed by atoms with Crippen LogP contribution in [0.2, 0.25) is 0 Å². The molecule has 0 radical (unpaired) electrons. The SMILES string of the molecule is O=C1CCC(CCNCc2ccccc2)N1CCc1cccs1. The Morgan fingerprint density at radius 3 is 2.83 bits per heavy atom. The molecule has 1 saturated heterocycles. The van der Waals surface area contributed by atoms with Crippen molar-refractivity contribution in [1.82, 2.24) is 10.2 Å². The van der Waals surface area contributed by atoms with E-state index in [1.54, 1.807) is 11.3 Å². The molecular formula is C19H24N2OS. The van der Waals surface area contributed by atoms with E-state index in [2.05, 4.69) is 52.0 Å². The van der Waals surface area contributed by atoms with Crippen LogP contribution in [0.4, 0.5) is 0 Å². The van der Waals surface area contributed by atoms with Gasteiger partial charge in [-0.05, 0) is 42.8 Å². The summed E-state index contributed by atoms with van der Waals surface area (Å²) in [7, 11) is 0. The third-order valence-electron chi connectivity index (χ3n) is 4.46. The van der Waals surface area contributed by atoms with Crippen molar-refractivity contribution in [3.63, 3.8) is 0 Å². The van der Waals surface area contributed by atoms with Gasteiger partial charge in [0.05, 0.1) is 0 Å². The van der Waals surface area contributed by atoms with E-state index in [9.17, 15) is 4.79 Å². The number of nitrogens with zero attached hydrogens (tertiary/aromatic N) is 1. The number of hydrogen-bond donors (Lipinski definition) is 1. The van der Waals surface area contributed by atoms with Crippen LogP contribution in [-0.2, 0) is 17.8 Å². The zero-order chi connectivity index (χ0) is 15.9. The van der Waals surface area contributed by atoms with Gasteiger partial charge in [-0.2, -0.15) is 0 Å². The molecule has 1 aromatic carbocycles. The topological polar surface area (TPSA) is 32.3 Å². The zero-order valence-corrected chi connectivity index (χ0v) is 14.2. The van der Waals surface area contributed by atoms with E-state index in [1.165, 1.54) is 10.4 Å². The lowest BCUT2D eigenvalue weighted by Crippen LogP contribution is -2.36. The van der Waals surface area contributed by atoms with Crippen molar-refractivity contribution in [2.75, 3.05) is 13.1 Å². The molecule has 3 rings (SSSR count). The maximum Gasteiger partial charge on any atom is 0.222 e. The van der Waals surface area contributed by atoms with Crippen LogP contribution >= 0.6 is 11.3 Å². The van der Waals surface area contributed by atoms with Crippen molar-refractivity contribution < 1.29 is 4.79 Å². The molecule has 1 aliphatic rings. The van der Waals surface area contributed by atoms with E-state index in [1.807, 2.05) is 6.07 Å². The Balaban J connectivity index is 1.41. The van der Waals surface area contributed by atoms with E-state index in [-0.39, 0.29) is 0 Å². The number of thiophene rings is 1. The molecule has 0 bridgehead atoms. The van der Waals surface area contributed by atoms with Crippen LogP contribution < -0.4 is 5.32 Å². The molecule has 0 saturated carbocycles. The van der Waals surface area contributed by atoms with Crippen molar-refractivity contribution in [3.05, 3.63) is 58.3 Å². The molecule has 0 aliphatic carbocycles. The number of benzene rings is 1. The summed E-state index contributed by atoms with van der Waals surface area (Å²) in [5.41, 5.74) is 1.31. The molecule has 1 fully saturated rings. The highest BCUT2D eigenvalue weighted by Gasteiger charge is 2.29. The first-order valence-electron chi connectivity index (χ1n) is 8.39. The minimum Gasteiger partial charge on any atom is -0.339 e. The average Bonchev–Trinajstić information content (AvgIpc) is 3.21. The van der Waals surface area contributed by atoms with E-state index in [0.29, 0.717) is 18.4 Å². The van der Waals surface area contributed by atoms with Crippen molar-refractivity contribution in [2.24, 2.45) is 0 Å². The molecule has 0 spiro atoms. The van der Waals surface area contributed by atoms with E-state index < -0.39 is 0 Å². The lowest BCUT2D eigenvalue weighted by Gasteiger charge is -2.25. The standard InChI is InChI=1S/C19H24N2OS/c22-19-9-8-17(21(19)13-11-18-7-4-14-23-18)10-12-20-15-16-5-2-1-3-6-16/h1-7,14,17,20H,8-13,15H2. The first-order valence-corrected chi connectivity index (χ1v) is 9.27. The Kier molecular flexibility index (Phi) is 5.83. The van der Waals surface area contributed by atoms with Crippen molar-refractivity contribution in [1.29, 1.82) is 0 Å². The second-order valence-corrected chi connectivity index (χ2v) is 7.09. The maximum absolute atomic E-state index is 12.1. The highest BCUT2D eigenvalue weighted by Crippen LogP contribution is 2.22. The van der Waals surface area contributed by atoms with Gasteiger partial charge >= 0.3 is 0 Å². The smallest absolute Gasteiger partial charge is 0.222 e. The fourth-order valence-electron chi connectivity index (χ4n) is 3.18. The predicted molar refractivity (Wildman–Crippen MR) is 95.5 cm³/mol. The molecule has 1 amide bonds. The summed E-state index contributed by atoms with van der Waals surface area (Å²) >= 11 is 1.78. The van der Waals surface area contributed by atoms with Gasteiger partial charge in [0.25, 0.3) is 0 Å². The molecule has 1 unspecified atom stereocenters. The maximum atomic E-state index is 12.1. The van der Waals surface area contributed by atoms with Crippen LogP contribution in [0.1, 0.15) is 29.7 Å². The number of rotatable bonds is 8. The molecular weight excluding hydrogens is 304 g/mol. The highest BCUT2D eigenvalue weighted by molar-refractivity contribution is 7.09. The number of likely N-dealkylation sites (tertiary alicyclic amines) is 1. The summed E-state index contributed by atoms with van der Waals surface area (Å²) in [5, 5.41) is 5.60. The van der Waals surface area contributed by atoms with E-state index >= 15 is 0 Å². The Morgan fingerprint density at radius 2 is 2.04 bits per heavy atom. The van der Waals surface area contributed by atoms with Gasteiger partial charge in [-0.15, -0.1) is 11.3 Å². The first kappa shape index (κ1) is 16.2. The largest absolute Gasteiger partial charge is 0.339 e. The quantitative estimate of drug-likeness (QED) is 0.753. The van der Waals surface area contributed by atoms with Crippen molar-refractivity contribution in [3.8, 4) is 0 Å². The molecule has 1 atom stereocenters. The summed E-state index contributed by atoms with van der Waals surface area (Å²) in [4.78, 5) is 15.6. The summed E-state index contributed by atoms with van der Waals surface area (Å²) in [6, 6.07) is 15.1. The lowest BCUT2D eigenvalue weighted by molar-refractivity contribution is -0.128. The normalized spacial score (nSPS) is 17.8. The monoisotopic (exact) mass is 328 g/mol. The average molecular weight is 328 g/mol. The van der Waals surface area contributed by atoms with Crippen LogP contribution in [-0.4, -0.2) is 29.9 Å². The second-order valence-electron chi connectivity index (χ2n) is 6.06. The third kappa shape index (κ3) is 4.66. The van der Waals surface area contributed by atoms with Gasteiger partial charge in [0.2, 0.25) is 5.91 Å². The number of amides is 1. The predicted octanol–water partition coefficient (Wildman–Crippen LogP) is 3.46. The van der Waals surface area contributed by atoms with Crippen molar-refractivity contribution in [2.45, 2.75) is 38.3 Å².